The SMILES string of the molecule is CCN(CC)C(CN=C(N)NCCCN1CCOCC1)Cc1ccccc1.I. The van der Waals surface area contributed by atoms with Crippen LogP contribution in [-0.4, -0.2) is 80.8 Å². The molecule has 0 amide bonds. The van der Waals surface area contributed by atoms with Gasteiger partial charge in [0.15, 0.2) is 5.96 Å². The summed E-state index contributed by atoms with van der Waals surface area (Å²) in [4.78, 5) is 9.53. The molecule has 28 heavy (non-hydrogen) atoms. The highest BCUT2D eigenvalue weighted by Gasteiger charge is 2.16. The zero-order chi connectivity index (χ0) is 19.3. The third-order valence-corrected chi connectivity index (χ3v) is 5.18. The zero-order valence-corrected chi connectivity index (χ0v) is 19.8. The molecule has 1 aliphatic rings. The van der Waals surface area contributed by atoms with Crippen LogP contribution in [0, 0.1) is 0 Å². The quantitative estimate of drug-likeness (QED) is 0.210. The summed E-state index contributed by atoms with van der Waals surface area (Å²) >= 11 is 0. The van der Waals surface area contributed by atoms with Gasteiger partial charge in [0.25, 0.3) is 0 Å². The Morgan fingerprint density at radius 2 is 1.89 bits per heavy atom. The minimum absolute atomic E-state index is 0. The monoisotopic (exact) mass is 503 g/mol. The molecule has 0 spiro atoms. The molecular formula is C21H38IN5O. The Morgan fingerprint density at radius 1 is 1.21 bits per heavy atom. The van der Waals surface area contributed by atoms with Gasteiger partial charge in [-0.1, -0.05) is 44.2 Å². The van der Waals surface area contributed by atoms with E-state index in [4.69, 9.17) is 10.5 Å². The van der Waals surface area contributed by atoms with Gasteiger partial charge in [-0.25, -0.2) is 0 Å². The van der Waals surface area contributed by atoms with Crippen molar-refractivity contribution in [3.63, 3.8) is 0 Å². The average Bonchev–Trinajstić information content (AvgIpc) is 2.71. The minimum Gasteiger partial charge on any atom is -0.379 e. The van der Waals surface area contributed by atoms with Crippen molar-refractivity contribution in [2.75, 3.05) is 59.0 Å². The number of nitrogens with two attached hydrogens (primary N) is 1. The lowest BCUT2D eigenvalue weighted by Gasteiger charge is -2.28. The number of guanidine groups is 1. The van der Waals surface area contributed by atoms with E-state index in [2.05, 4.69) is 64.3 Å². The van der Waals surface area contributed by atoms with Crippen LogP contribution in [0.3, 0.4) is 0 Å². The smallest absolute Gasteiger partial charge is 0.188 e. The average molecular weight is 503 g/mol. The number of hydrogen-bond acceptors (Lipinski definition) is 4. The lowest BCUT2D eigenvalue weighted by atomic mass is 10.0. The summed E-state index contributed by atoms with van der Waals surface area (Å²) in [6, 6.07) is 11.0. The van der Waals surface area contributed by atoms with Crippen LogP contribution in [0.1, 0.15) is 25.8 Å². The van der Waals surface area contributed by atoms with Crippen molar-refractivity contribution in [1.82, 2.24) is 15.1 Å². The molecule has 1 saturated heterocycles. The Balaban J connectivity index is 0.00000392. The van der Waals surface area contributed by atoms with Gasteiger partial charge in [-0.3, -0.25) is 14.8 Å². The van der Waals surface area contributed by atoms with E-state index in [0.717, 1.165) is 71.9 Å². The van der Waals surface area contributed by atoms with Crippen LogP contribution in [0.15, 0.2) is 35.3 Å². The third-order valence-electron chi connectivity index (χ3n) is 5.18. The van der Waals surface area contributed by atoms with E-state index in [1.807, 2.05) is 0 Å². The van der Waals surface area contributed by atoms with E-state index in [0.29, 0.717) is 12.0 Å². The predicted octanol–water partition coefficient (Wildman–Crippen LogP) is 2.18. The number of aliphatic imine (C=N–C) groups is 1. The minimum atomic E-state index is 0. The van der Waals surface area contributed by atoms with Gasteiger partial charge in [0.05, 0.1) is 19.8 Å². The van der Waals surface area contributed by atoms with Gasteiger partial charge in [0, 0.05) is 25.7 Å². The highest BCUT2D eigenvalue weighted by molar-refractivity contribution is 14.0. The molecule has 0 aromatic heterocycles. The topological polar surface area (TPSA) is 66.1 Å². The Morgan fingerprint density at radius 3 is 2.54 bits per heavy atom. The highest BCUT2D eigenvalue weighted by atomic mass is 127. The summed E-state index contributed by atoms with van der Waals surface area (Å²) in [6.07, 6.45) is 2.07. The van der Waals surface area contributed by atoms with Gasteiger partial charge in [-0.2, -0.15) is 0 Å². The number of rotatable bonds is 11. The number of halogens is 1. The van der Waals surface area contributed by atoms with Gasteiger partial charge < -0.3 is 15.8 Å². The number of likely N-dealkylation sites (N-methyl/N-ethyl adjacent to an activating group) is 1. The second kappa shape index (κ2) is 15.0. The van der Waals surface area contributed by atoms with Gasteiger partial charge in [0.1, 0.15) is 0 Å². The number of ether oxygens (including phenoxy) is 1. The number of hydrogen-bond donors (Lipinski definition) is 2. The first kappa shape index (κ1) is 25.1. The largest absolute Gasteiger partial charge is 0.379 e. The summed E-state index contributed by atoms with van der Waals surface area (Å²) in [5, 5.41) is 3.27. The Kier molecular flexibility index (Phi) is 13.5. The second-order valence-electron chi connectivity index (χ2n) is 7.03. The third kappa shape index (κ3) is 9.54. The molecule has 6 nitrogen and oxygen atoms in total. The van der Waals surface area contributed by atoms with Crippen molar-refractivity contribution in [3.8, 4) is 0 Å². The predicted molar refractivity (Wildman–Crippen MR) is 129 cm³/mol. The fraction of sp³-hybridized carbons (Fsp3) is 0.667. The molecule has 0 aliphatic carbocycles. The molecule has 160 valence electrons. The molecule has 1 heterocycles. The van der Waals surface area contributed by atoms with Crippen LogP contribution in [0.4, 0.5) is 0 Å². The van der Waals surface area contributed by atoms with Crippen molar-refractivity contribution in [1.29, 1.82) is 0 Å². The van der Waals surface area contributed by atoms with Gasteiger partial charge in [0.2, 0.25) is 0 Å². The molecule has 1 fully saturated rings. The Labute approximate surface area is 187 Å². The molecular weight excluding hydrogens is 465 g/mol. The van der Waals surface area contributed by atoms with E-state index < -0.39 is 0 Å². The maximum atomic E-state index is 6.10. The number of nitrogens with one attached hydrogen (secondary N) is 1. The molecule has 0 saturated carbocycles. The maximum Gasteiger partial charge on any atom is 0.188 e. The van der Waals surface area contributed by atoms with Crippen molar-refractivity contribution >= 4 is 29.9 Å². The molecule has 1 aromatic rings. The molecule has 3 N–H and O–H groups in total. The Bertz CT molecular complexity index is 533. The van der Waals surface area contributed by atoms with Crippen molar-refractivity contribution in [3.05, 3.63) is 35.9 Å². The lowest BCUT2D eigenvalue weighted by Crippen LogP contribution is -2.41. The van der Waals surface area contributed by atoms with Crippen molar-refractivity contribution < 1.29 is 4.74 Å². The molecule has 2 rings (SSSR count). The van der Waals surface area contributed by atoms with Crippen molar-refractivity contribution in [2.24, 2.45) is 10.7 Å². The molecule has 0 bridgehead atoms. The van der Waals surface area contributed by atoms with E-state index >= 15 is 0 Å². The first-order valence-electron chi connectivity index (χ1n) is 10.3. The van der Waals surface area contributed by atoms with Gasteiger partial charge in [-0.15, -0.1) is 24.0 Å². The van der Waals surface area contributed by atoms with Crippen LogP contribution in [-0.2, 0) is 11.2 Å². The van der Waals surface area contributed by atoms with Gasteiger partial charge >= 0.3 is 0 Å². The fourth-order valence-electron chi connectivity index (χ4n) is 3.54. The zero-order valence-electron chi connectivity index (χ0n) is 17.5. The lowest BCUT2D eigenvalue weighted by molar-refractivity contribution is 0.0376. The molecule has 0 radical (unpaired) electrons. The van der Waals surface area contributed by atoms with Gasteiger partial charge in [-0.05, 0) is 38.0 Å². The van der Waals surface area contributed by atoms with Crippen LogP contribution in [0.2, 0.25) is 0 Å². The number of benzene rings is 1. The molecule has 1 aliphatic heterocycles. The van der Waals surface area contributed by atoms with Crippen molar-refractivity contribution in [2.45, 2.75) is 32.7 Å². The van der Waals surface area contributed by atoms with Crippen LogP contribution in [0.25, 0.3) is 0 Å². The first-order valence-corrected chi connectivity index (χ1v) is 10.3. The molecule has 7 heteroatoms. The summed E-state index contributed by atoms with van der Waals surface area (Å²) in [7, 11) is 0. The van der Waals surface area contributed by atoms with E-state index in [1.165, 1.54) is 5.56 Å². The second-order valence-corrected chi connectivity index (χ2v) is 7.03. The Hall–Kier alpha value is -0.900. The van der Waals surface area contributed by atoms with E-state index in [9.17, 15) is 0 Å². The normalized spacial score (nSPS) is 16.6. The number of nitrogens with zero attached hydrogens (tertiary/aromatic N) is 3. The molecule has 1 aromatic carbocycles. The molecule has 1 atom stereocenters. The van der Waals surface area contributed by atoms with Crippen LogP contribution < -0.4 is 11.1 Å². The fourth-order valence-corrected chi connectivity index (χ4v) is 3.54. The summed E-state index contributed by atoms with van der Waals surface area (Å²) in [6.45, 7) is 12.9. The standard InChI is InChI=1S/C21H37N5O.HI/c1-3-26(4-2)20(17-19-9-6-5-7-10-19)18-24-21(22)23-11-8-12-25-13-15-27-16-14-25;/h5-7,9-10,20H,3-4,8,11-18H2,1-2H3,(H3,22,23,24);1H. The summed E-state index contributed by atoms with van der Waals surface area (Å²) in [5.74, 6) is 0.558. The van der Waals surface area contributed by atoms with Crippen LogP contribution in [0.5, 0.6) is 0 Å². The van der Waals surface area contributed by atoms with Crippen LogP contribution >= 0.6 is 24.0 Å². The summed E-state index contributed by atoms with van der Waals surface area (Å²) in [5.41, 5.74) is 7.45. The summed E-state index contributed by atoms with van der Waals surface area (Å²) < 4.78 is 5.38. The van der Waals surface area contributed by atoms with E-state index in [1.54, 1.807) is 0 Å². The maximum absolute atomic E-state index is 6.10. The number of morpholine rings is 1. The molecule has 1 unspecified atom stereocenters. The van der Waals surface area contributed by atoms with E-state index in [-0.39, 0.29) is 24.0 Å². The highest BCUT2D eigenvalue weighted by Crippen LogP contribution is 2.09. The first-order chi connectivity index (χ1) is 13.2.